The van der Waals surface area contributed by atoms with Gasteiger partial charge in [-0.15, -0.1) is 0 Å². The van der Waals surface area contributed by atoms with Crippen molar-refractivity contribution in [2.24, 2.45) is 0 Å². The number of pyridine rings is 1. The molecule has 2 N–H and O–H groups in total. The summed E-state index contributed by atoms with van der Waals surface area (Å²) in [5, 5.41) is 2.77. The Morgan fingerprint density at radius 3 is 2.41 bits per heavy atom. The summed E-state index contributed by atoms with van der Waals surface area (Å²) in [6, 6.07) is 13.9. The smallest absolute Gasteiger partial charge is 0.261 e. The van der Waals surface area contributed by atoms with Crippen LogP contribution in [0.15, 0.2) is 71.8 Å². The first kappa shape index (κ1) is 20.3. The normalized spacial score (nSPS) is 11.0. The van der Waals surface area contributed by atoms with Gasteiger partial charge in [0.1, 0.15) is 5.82 Å². The van der Waals surface area contributed by atoms with Crippen LogP contribution in [0.5, 0.6) is 5.88 Å². The number of anilines is 1. The minimum Gasteiger partial charge on any atom is -0.481 e. The summed E-state index contributed by atoms with van der Waals surface area (Å²) in [5.41, 5.74) is 1.48. The molecule has 0 radical (unpaired) electrons. The lowest BCUT2D eigenvalue weighted by Crippen LogP contribution is -2.22. The monoisotopic (exact) mass is 415 g/mol. The average Bonchev–Trinajstić information content (AvgIpc) is 2.73. The number of amides is 1. The van der Waals surface area contributed by atoms with Gasteiger partial charge in [0.05, 0.1) is 12.0 Å². The molecular weight excluding hydrogens is 397 g/mol. The van der Waals surface area contributed by atoms with E-state index in [0.29, 0.717) is 11.4 Å². The van der Waals surface area contributed by atoms with Gasteiger partial charge in [0.2, 0.25) is 5.88 Å². The van der Waals surface area contributed by atoms with E-state index in [4.69, 9.17) is 4.74 Å². The first-order chi connectivity index (χ1) is 13.9. The van der Waals surface area contributed by atoms with E-state index in [9.17, 15) is 17.6 Å². The number of carbonyl (C=O) groups excluding carboxylic acids is 1. The number of nitrogens with one attached hydrogen (secondary N) is 2. The molecule has 1 amide bonds. The van der Waals surface area contributed by atoms with E-state index in [1.165, 1.54) is 43.5 Å². The molecule has 3 rings (SSSR count). The predicted molar refractivity (Wildman–Crippen MR) is 106 cm³/mol. The summed E-state index contributed by atoms with van der Waals surface area (Å²) in [4.78, 5) is 16.2. The van der Waals surface area contributed by atoms with Crippen molar-refractivity contribution in [3.8, 4) is 5.88 Å². The van der Waals surface area contributed by atoms with Gasteiger partial charge < -0.3 is 10.1 Å². The van der Waals surface area contributed by atoms with Gasteiger partial charge in [-0.25, -0.2) is 17.8 Å². The Kier molecular flexibility index (Phi) is 6.08. The summed E-state index contributed by atoms with van der Waals surface area (Å²) < 4.78 is 45.0. The topological polar surface area (TPSA) is 97.4 Å². The van der Waals surface area contributed by atoms with E-state index in [-0.39, 0.29) is 23.0 Å². The number of carbonyl (C=O) groups is 1. The van der Waals surface area contributed by atoms with Crippen LogP contribution in [0.3, 0.4) is 0 Å². The second-order valence-corrected chi connectivity index (χ2v) is 7.71. The highest BCUT2D eigenvalue weighted by Crippen LogP contribution is 2.17. The molecule has 1 heterocycles. The standard InChI is InChI=1S/C20H18FN3O4S/c1-28-19-12-14(10-11-22-19)13-23-20(25)15-2-6-17(7-3-15)24-29(26,27)18-8-4-16(21)5-9-18/h2-12,24H,13H2,1H3,(H,23,25). The average molecular weight is 415 g/mol. The Morgan fingerprint density at radius 1 is 1.07 bits per heavy atom. The molecule has 2 aromatic carbocycles. The number of halogens is 1. The molecular formula is C20H18FN3O4S. The number of aromatic nitrogens is 1. The van der Waals surface area contributed by atoms with Crippen LogP contribution in [-0.4, -0.2) is 26.4 Å². The van der Waals surface area contributed by atoms with Crippen molar-refractivity contribution < 1.29 is 22.3 Å². The quantitative estimate of drug-likeness (QED) is 0.618. The van der Waals surface area contributed by atoms with E-state index in [1.54, 1.807) is 18.3 Å². The van der Waals surface area contributed by atoms with Crippen LogP contribution in [0.1, 0.15) is 15.9 Å². The Balaban J connectivity index is 1.63. The second kappa shape index (κ2) is 8.70. The molecule has 0 spiro atoms. The van der Waals surface area contributed by atoms with E-state index >= 15 is 0 Å². The highest BCUT2D eigenvalue weighted by molar-refractivity contribution is 7.92. The Labute approximate surface area is 167 Å². The van der Waals surface area contributed by atoms with Crippen LogP contribution in [0, 0.1) is 5.82 Å². The SMILES string of the molecule is COc1cc(CNC(=O)c2ccc(NS(=O)(=O)c3ccc(F)cc3)cc2)ccn1. The van der Waals surface area contributed by atoms with E-state index in [1.807, 2.05) is 0 Å². The first-order valence-electron chi connectivity index (χ1n) is 8.53. The molecule has 0 saturated heterocycles. The summed E-state index contributed by atoms with van der Waals surface area (Å²) in [7, 11) is -2.34. The van der Waals surface area contributed by atoms with Crippen molar-refractivity contribution in [3.05, 3.63) is 83.8 Å². The molecule has 0 fully saturated rings. The minimum absolute atomic E-state index is 0.0616. The summed E-state index contributed by atoms with van der Waals surface area (Å²) >= 11 is 0. The Bertz CT molecular complexity index is 1100. The van der Waals surface area contributed by atoms with Crippen molar-refractivity contribution in [1.29, 1.82) is 0 Å². The highest BCUT2D eigenvalue weighted by atomic mass is 32.2. The summed E-state index contributed by atoms with van der Waals surface area (Å²) in [6.07, 6.45) is 1.59. The highest BCUT2D eigenvalue weighted by Gasteiger charge is 2.14. The molecule has 0 unspecified atom stereocenters. The third-order valence-corrected chi connectivity index (χ3v) is 5.38. The van der Waals surface area contributed by atoms with Gasteiger partial charge in [0.15, 0.2) is 0 Å². The maximum Gasteiger partial charge on any atom is 0.261 e. The fourth-order valence-electron chi connectivity index (χ4n) is 2.47. The van der Waals surface area contributed by atoms with Gasteiger partial charge in [-0.3, -0.25) is 9.52 Å². The number of sulfonamides is 1. The fraction of sp³-hybridized carbons (Fsp3) is 0.100. The number of hydrogen-bond donors (Lipinski definition) is 2. The molecule has 150 valence electrons. The summed E-state index contributed by atoms with van der Waals surface area (Å²) in [5.74, 6) is -0.382. The van der Waals surface area contributed by atoms with Crippen molar-refractivity contribution in [2.75, 3.05) is 11.8 Å². The van der Waals surface area contributed by atoms with Gasteiger partial charge in [0.25, 0.3) is 15.9 Å². The number of hydrogen-bond acceptors (Lipinski definition) is 5. The van der Waals surface area contributed by atoms with E-state index in [0.717, 1.165) is 17.7 Å². The maximum absolute atomic E-state index is 13.0. The molecule has 0 aliphatic rings. The van der Waals surface area contributed by atoms with Crippen LogP contribution in [0.25, 0.3) is 0 Å². The van der Waals surface area contributed by atoms with Crippen LogP contribution in [0.2, 0.25) is 0 Å². The zero-order chi connectivity index (χ0) is 20.9. The molecule has 3 aromatic rings. The lowest BCUT2D eigenvalue weighted by molar-refractivity contribution is 0.0951. The largest absolute Gasteiger partial charge is 0.481 e. The lowest BCUT2D eigenvalue weighted by Gasteiger charge is -2.09. The van der Waals surface area contributed by atoms with Crippen molar-refractivity contribution in [3.63, 3.8) is 0 Å². The molecule has 0 aliphatic heterocycles. The molecule has 0 atom stereocenters. The van der Waals surface area contributed by atoms with Crippen molar-refractivity contribution in [2.45, 2.75) is 11.4 Å². The number of rotatable bonds is 7. The van der Waals surface area contributed by atoms with Crippen molar-refractivity contribution >= 4 is 21.6 Å². The van der Waals surface area contributed by atoms with Gasteiger partial charge in [-0.1, -0.05) is 0 Å². The van der Waals surface area contributed by atoms with Crippen LogP contribution >= 0.6 is 0 Å². The lowest BCUT2D eigenvalue weighted by atomic mass is 10.2. The third-order valence-electron chi connectivity index (χ3n) is 3.98. The first-order valence-corrected chi connectivity index (χ1v) is 10.0. The molecule has 0 aliphatic carbocycles. The number of methoxy groups -OCH3 is 1. The molecule has 0 bridgehead atoms. The number of benzene rings is 2. The maximum atomic E-state index is 13.0. The number of ether oxygens (including phenoxy) is 1. The summed E-state index contributed by atoms with van der Waals surface area (Å²) in [6.45, 7) is 0.288. The minimum atomic E-state index is -3.85. The van der Waals surface area contributed by atoms with Gasteiger partial charge in [0, 0.05) is 30.1 Å². The fourth-order valence-corrected chi connectivity index (χ4v) is 3.53. The van der Waals surface area contributed by atoms with E-state index < -0.39 is 15.8 Å². The molecule has 29 heavy (non-hydrogen) atoms. The zero-order valence-corrected chi connectivity index (χ0v) is 16.2. The third kappa shape index (κ3) is 5.29. The molecule has 9 heteroatoms. The van der Waals surface area contributed by atoms with Gasteiger partial charge >= 0.3 is 0 Å². The molecule has 0 saturated carbocycles. The van der Waals surface area contributed by atoms with Crippen LogP contribution < -0.4 is 14.8 Å². The Morgan fingerprint density at radius 2 is 1.76 bits per heavy atom. The van der Waals surface area contributed by atoms with Crippen LogP contribution in [-0.2, 0) is 16.6 Å². The van der Waals surface area contributed by atoms with E-state index in [2.05, 4.69) is 15.0 Å². The van der Waals surface area contributed by atoms with Crippen LogP contribution in [0.4, 0.5) is 10.1 Å². The zero-order valence-electron chi connectivity index (χ0n) is 15.4. The number of nitrogens with zero attached hydrogens (tertiary/aromatic N) is 1. The molecule has 1 aromatic heterocycles. The second-order valence-electron chi connectivity index (χ2n) is 6.03. The van der Waals surface area contributed by atoms with Crippen molar-refractivity contribution in [1.82, 2.24) is 10.3 Å². The predicted octanol–water partition coefficient (Wildman–Crippen LogP) is 2.96. The molecule has 7 nitrogen and oxygen atoms in total. The van der Waals surface area contributed by atoms with Gasteiger partial charge in [-0.2, -0.15) is 0 Å². The van der Waals surface area contributed by atoms with Gasteiger partial charge in [-0.05, 0) is 60.2 Å². The Hall–Kier alpha value is -3.46.